The maximum Gasteiger partial charge on any atom is 0.217 e. The number of hydrogen-bond acceptors (Lipinski definition) is 4. The number of halogens is 1. The summed E-state index contributed by atoms with van der Waals surface area (Å²) in [6.07, 6.45) is 0. The fraction of sp³-hybridized carbons (Fsp3) is 0.231. The third-order valence-corrected chi connectivity index (χ3v) is 2.92. The molecule has 0 fully saturated rings. The molecule has 0 radical (unpaired) electrons. The fourth-order valence-corrected chi connectivity index (χ4v) is 1.92. The number of ether oxygens (including phenoxy) is 2. The van der Waals surface area contributed by atoms with Crippen molar-refractivity contribution in [2.45, 2.75) is 0 Å². The third kappa shape index (κ3) is 2.56. The van der Waals surface area contributed by atoms with E-state index >= 15 is 0 Å². The molecule has 0 N–H and O–H groups in total. The van der Waals surface area contributed by atoms with Gasteiger partial charge >= 0.3 is 0 Å². The Kier molecular flexibility index (Phi) is 3.76. The Morgan fingerprint density at radius 1 is 1.26 bits per heavy atom. The maximum atomic E-state index is 12.4. The largest absolute Gasteiger partial charge is 0.496 e. The van der Waals surface area contributed by atoms with E-state index in [4.69, 9.17) is 21.1 Å². The highest BCUT2D eigenvalue weighted by Gasteiger charge is 2.19. The van der Waals surface area contributed by atoms with Crippen LogP contribution in [0.1, 0.15) is 16.1 Å². The quantitative estimate of drug-likeness (QED) is 0.807. The van der Waals surface area contributed by atoms with Crippen molar-refractivity contribution in [1.29, 1.82) is 0 Å². The summed E-state index contributed by atoms with van der Waals surface area (Å²) in [6.45, 7) is 0. The Balaban J connectivity index is 2.46. The zero-order chi connectivity index (χ0) is 14.0. The second-order valence-electron chi connectivity index (χ2n) is 3.87. The summed E-state index contributed by atoms with van der Waals surface area (Å²) in [6, 6.07) is 6.44. The smallest absolute Gasteiger partial charge is 0.217 e. The number of carbonyl (C=O) groups excluding carboxylic acids is 1. The summed E-state index contributed by atoms with van der Waals surface area (Å²) in [4.78, 5) is 12.4. The first-order valence-electron chi connectivity index (χ1n) is 5.53. The van der Waals surface area contributed by atoms with E-state index in [0.717, 1.165) is 0 Å². The van der Waals surface area contributed by atoms with Gasteiger partial charge < -0.3 is 9.47 Å². The van der Waals surface area contributed by atoms with Crippen LogP contribution in [0.2, 0.25) is 5.02 Å². The lowest BCUT2D eigenvalue weighted by Gasteiger charge is -2.06. The Morgan fingerprint density at radius 2 is 2.00 bits per heavy atom. The van der Waals surface area contributed by atoms with E-state index in [-0.39, 0.29) is 11.5 Å². The highest BCUT2D eigenvalue weighted by molar-refractivity contribution is 6.31. The normalized spacial score (nSPS) is 10.3. The van der Waals surface area contributed by atoms with Gasteiger partial charge in [0.15, 0.2) is 0 Å². The van der Waals surface area contributed by atoms with Gasteiger partial charge in [-0.3, -0.25) is 4.79 Å². The number of methoxy groups -OCH3 is 2. The van der Waals surface area contributed by atoms with Crippen LogP contribution in [0, 0.1) is 0 Å². The van der Waals surface area contributed by atoms with Crippen LogP contribution in [0.25, 0.3) is 0 Å². The van der Waals surface area contributed by atoms with Crippen molar-refractivity contribution in [1.82, 2.24) is 9.78 Å². The highest BCUT2D eigenvalue weighted by atomic mass is 35.5. The van der Waals surface area contributed by atoms with Crippen molar-refractivity contribution < 1.29 is 14.3 Å². The van der Waals surface area contributed by atoms with Crippen LogP contribution in [0.4, 0.5) is 0 Å². The molecule has 100 valence electrons. The minimum Gasteiger partial charge on any atom is -0.496 e. The van der Waals surface area contributed by atoms with Crippen LogP contribution in [0.15, 0.2) is 24.3 Å². The molecule has 0 atom stereocenters. The van der Waals surface area contributed by atoms with Crippen LogP contribution in [0.5, 0.6) is 11.6 Å². The van der Waals surface area contributed by atoms with Gasteiger partial charge in [-0.05, 0) is 18.2 Å². The topological polar surface area (TPSA) is 53.4 Å². The maximum absolute atomic E-state index is 12.4. The zero-order valence-electron chi connectivity index (χ0n) is 10.8. The number of rotatable bonds is 4. The molecular formula is C13H13ClN2O3. The van der Waals surface area contributed by atoms with Crippen LogP contribution in [-0.4, -0.2) is 29.8 Å². The van der Waals surface area contributed by atoms with Crippen LogP contribution >= 0.6 is 11.6 Å². The monoisotopic (exact) mass is 280 g/mol. The lowest BCUT2D eigenvalue weighted by atomic mass is 10.1. The predicted octanol–water partition coefficient (Wildman–Crippen LogP) is 2.32. The van der Waals surface area contributed by atoms with Crippen molar-refractivity contribution in [2.75, 3.05) is 14.2 Å². The van der Waals surface area contributed by atoms with E-state index in [1.165, 1.54) is 18.9 Å². The van der Waals surface area contributed by atoms with Crippen molar-refractivity contribution in [3.8, 4) is 11.6 Å². The average molecular weight is 281 g/mol. The van der Waals surface area contributed by atoms with E-state index < -0.39 is 0 Å². The number of ketones is 1. The minimum atomic E-state index is -0.266. The first-order valence-corrected chi connectivity index (χ1v) is 5.91. The summed E-state index contributed by atoms with van der Waals surface area (Å²) in [5.41, 5.74) is 0.649. The van der Waals surface area contributed by atoms with Gasteiger partial charge in [0, 0.05) is 18.1 Å². The average Bonchev–Trinajstić information content (AvgIpc) is 2.79. The number of aromatic nitrogens is 2. The van der Waals surface area contributed by atoms with Crippen molar-refractivity contribution >= 4 is 17.4 Å². The van der Waals surface area contributed by atoms with Gasteiger partial charge in [0.05, 0.1) is 19.8 Å². The number of benzene rings is 1. The molecular weight excluding hydrogens is 268 g/mol. The molecule has 6 heteroatoms. The lowest BCUT2D eigenvalue weighted by Crippen LogP contribution is -2.05. The first kappa shape index (κ1) is 13.4. The molecule has 1 aromatic heterocycles. The predicted molar refractivity (Wildman–Crippen MR) is 71.2 cm³/mol. The standard InChI is InChI=1S/C13H13ClN2O3/c1-16-12(19-3)7-10(15-16)13(17)9-6-8(14)4-5-11(9)18-2/h4-7H,1-3H3. The minimum absolute atomic E-state index is 0.266. The Hall–Kier alpha value is -2.01. The van der Waals surface area contributed by atoms with Gasteiger partial charge in [-0.1, -0.05) is 11.6 Å². The fourth-order valence-electron chi connectivity index (χ4n) is 1.75. The van der Waals surface area contributed by atoms with Gasteiger partial charge in [0.25, 0.3) is 0 Å². The first-order chi connectivity index (χ1) is 9.06. The molecule has 2 aromatic rings. The van der Waals surface area contributed by atoms with E-state index in [1.807, 2.05) is 0 Å². The Bertz CT molecular complexity index is 622. The van der Waals surface area contributed by atoms with Gasteiger partial charge in [0.1, 0.15) is 11.4 Å². The molecule has 0 aliphatic rings. The Morgan fingerprint density at radius 3 is 2.58 bits per heavy atom. The summed E-state index contributed by atoms with van der Waals surface area (Å²) in [5, 5.41) is 4.57. The second kappa shape index (κ2) is 5.32. The Labute approximate surface area is 115 Å². The molecule has 0 saturated heterocycles. The number of carbonyl (C=O) groups is 1. The molecule has 19 heavy (non-hydrogen) atoms. The second-order valence-corrected chi connectivity index (χ2v) is 4.31. The van der Waals surface area contributed by atoms with E-state index in [9.17, 15) is 4.79 Å². The molecule has 0 spiro atoms. The highest BCUT2D eigenvalue weighted by Crippen LogP contribution is 2.25. The van der Waals surface area contributed by atoms with Gasteiger partial charge in [-0.15, -0.1) is 0 Å². The van der Waals surface area contributed by atoms with Crippen LogP contribution < -0.4 is 9.47 Å². The lowest BCUT2D eigenvalue weighted by molar-refractivity contribution is 0.103. The molecule has 0 bridgehead atoms. The van der Waals surface area contributed by atoms with Crippen molar-refractivity contribution in [3.05, 3.63) is 40.5 Å². The molecule has 0 aliphatic heterocycles. The molecule has 0 unspecified atom stereocenters. The number of hydrogen-bond donors (Lipinski definition) is 0. The van der Waals surface area contributed by atoms with Crippen molar-refractivity contribution in [3.63, 3.8) is 0 Å². The molecule has 2 rings (SSSR count). The molecule has 1 heterocycles. The number of nitrogens with zero attached hydrogens (tertiary/aromatic N) is 2. The van der Waals surface area contributed by atoms with E-state index in [0.29, 0.717) is 22.2 Å². The summed E-state index contributed by atoms with van der Waals surface area (Å²) >= 11 is 5.91. The molecule has 0 aliphatic carbocycles. The molecule has 0 amide bonds. The van der Waals surface area contributed by atoms with E-state index in [1.54, 1.807) is 31.3 Å². The summed E-state index contributed by atoms with van der Waals surface area (Å²) in [7, 11) is 4.72. The molecule has 1 aromatic carbocycles. The summed E-state index contributed by atoms with van der Waals surface area (Å²) in [5.74, 6) is 0.696. The summed E-state index contributed by atoms with van der Waals surface area (Å²) < 4.78 is 11.7. The van der Waals surface area contributed by atoms with E-state index in [2.05, 4.69) is 5.10 Å². The van der Waals surface area contributed by atoms with Crippen LogP contribution in [-0.2, 0) is 7.05 Å². The number of aryl methyl sites for hydroxylation is 1. The van der Waals surface area contributed by atoms with Crippen molar-refractivity contribution in [2.24, 2.45) is 7.05 Å². The van der Waals surface area contributed by atoms with Crippen LogP contribution in [0.3, 0.4) is 0 Å². The van der Waals surface area contributed by atoms with Gasteiger partial charge in [0.2, 0.25) is 11.7 Å². The third-order valence-electron chi connectivity index (χ3n) is 2.68. The molecule has 5 nitrogen and oxygen atoms in total. The van der Waals surface area contributed by atoms with Gasteiger partial charge in [-0.25, -0.2) is 4.68 Å². The van der Waals surface area contributed by atoms with Gasteiger partial charge in [-0.2, -0.15) is 5.10 Å². The SMILES string of the molecule is COc1ccc(Cl)cc1C(=O)c1cc(OC)n(C)n1. The molecule has 0 saturated carbocycles. The zero-order valence-corrected chi connectivity index (χ0v) is 11.6.